The second-order valence-corrected chi connectivity index (χ2v) is 5.57. The minimum atomic E-state index is 0.431. The number of hydrogen-bond donors (Lipinski definition) is 0. The van der Waals surface area contributed by atoms with E-state index in [2.05, 4.69) is 60.4 Å². The minimum absolute atomic E-state index is 0.431. The van der Waals surface area contributed by atoms with Gasteiger partial charge in [-0.2, -0.15) is 0 Å². The Morgan fingerprint density at radius 3 is 2.24 bits per heavy atom. The van der Waals surface area contributed by atoms with Crippen LogP contribution in [-0.4, -0.2) is 29.2 Å². The smallest absolute Gasteiger partial charge is 0.147 e. The van der Waals surface area contributed by atoms with Crippen molar-refractivity contribution in [2.24, 2.45) is 0 Å². The van der Waals surface area contributed by atoms with Crippen molar-refractivity contribution < 1.29 is 0 Å². The number of nitrogens with zero attached hydrogens (tertiary/aromatic N) is 3. The molecule has 1 aromatic carbocycles. The zero-order valence-corrected chi connectivity index (χ0v) is 11.5. The molecule has 0 bridgehead atoms. The van der Waals surface area contributed by atoms with E-state index in [0.717, 1.165) is 15.6 Å². The van der Waals surface area contributed by atoms with Gasteiger partial charge in [0.05, 0.1) is 0 Å². The van der Waals surface area contributed by atoms with Crippen molar-refractivity contribution in [2.45, 2.75) is 19.9 Å². The lowest BCUT2D eigenvalue weighted by Gasteiger charge is -2.20. The first-order chi connectivity index (χ1) is 8.08. The Hall–Kier alpha value is -1.26. The maximum Gasteiger partial charge on any atom is 0.147 e. The molecule has 2 aromatic rings. The molecule has 17 heavy (non-hydrogen) atoms. The maximum absolute atomic E-state index is 4.15. The van der Waals surface area contributed by atoms with Crippen LogP contribution in [0.4, 0.5) is 0 Å². The van der Waals surface area contributed by atoms with Crippen LogP contribution in [0.1, 0.15) is 23.5 Å². The number of aryl methyl sites for hydroxylation is 1. The summed E-state index contributed by atoms with van der Waals surface area (Å²) in [5.41, 5.74) is 2.46. The van der Waals surface area contributed by atoms with E-state index in [0.29, 0.717) is 6.04 Å². The van der Waals surface area contributed by atoms with Crippen molar-refractivity contribution in [1.29, 1.82) is 0 Å². The maximum atomic E-state index is 4.15. The first-order valence-corrected chi connectivity index (χ1v) is 6.46. The van der Waals surface area contributed by atoms with Gasteiger partial charge in [0.2, 0.25) is 0 Å². The second kappa shape index (κ2) is 4.94. The summed E-state index contributed by atoms with van der Waals surface area (Å²) in [4.78, 5) is 2.20. The summed E-state index contributed by atoms with van der Waals surface area (Å²) in [5.74, 6) is 0. The predicted octanol–water partition coefficient (Wildman–Crippen LogP) is 3.14. The van der Waals surface area contributed by atoms with Crippen LogP contribution in [0.2, 0.25) is 0 Å². The molecule has 4 heteroatoms. The van der Waals surface area contributed by atoms with E-state index in [1.54, 1.807) is 11.3 Å². The molecule has 0 saturated carbocycles. The summed E-state index contributed by atoms with van der Waals surface area (Å²) in [6, 6.07) is 9.00. The molecule has 3 nitrogen and oxygen atoms in total. The zero-order chi connectivity index (χ0) is 12.4. The summed E-state index contributed by atoms with van der Waals surface area (Å²) in [5, 5.41) is 10.2. The average molecular weight is 247 g/mol. The van der Waals surface area contributed by atoms with Crippen molar-refractivity contribution in [2.75, 3.05) is 14.1 Å². The van der Waals surface area contributed by atoms with Gasteiger partial charge in [-0.3, -0.25) is 0 Å². The molecule has 90 valence electrons. The molecule has 1 atom stereocenters. The summed E-state index contributed by atoms with van der Waals surface area (Å²) in [6.07, 6.45) is 0. The third kappa shape index (κ3) is 2.70. The van der Waals surface area contributed by atoms with Gasteiger partial charge < -0.3 is 4.90 Å². The Morgan fingerprint density at radius 2 is 1.76 bits per heavy atom. The Labute approximate surface area is 106 Å². The molecule has 0 fully saturated rings. The lowest BCUT2D eigenvalue weighted by molar-refractivity contribution is 0.321. The van der Waals surface area contributed by atoms with E-state index in [4.69, 9.17) is 0 Å². The fourth-order valence-electron chi connectivity index (χ4n) is 1.62. The SMILES string of the molecule is Cc1nnc(-c2ccc([C@@H](C)N(C)C)cc2)s1. The van der Waals surface area contributed by atoms with Crippen LogP contribution >= 0.6 is 11.3 Å². The van der Waals surface area contributed by atoms with E-state index >= 15 is 0 Å². The summed E-state index contributed by atoms with van der Waals surface area (Å²) >= 11 is 1.63. The Kier molecular flexibility index (Phi) is 3.54. The quantitative estimate of drug-likeness (QED) is 0.834. The van der Waals surface area contributed by atoms with Crippen molar-refractivity contribution in [3.05, 3.63) is 34.8 Å². The average Bonchev–Trinajstić information content (AvgIpc) is 2.75. The highest BCUT2D eigenvalue weighted by Crippen LogP contribution is 2.25. The molecule has 0 saturated heterocycles. The highest BCUT2D eigenvalue weighted by molar-refractivity contribution is 7.14. The second-order valence-electron chi connectivity index (χ2n) is 4.39. The van der Waals surface area contributed by atoms with Crippen LogP contribution < -0.4 is 0 Å². The predicted molar refractivity (Wildman–Crippen MR) is 72.2 cm³/mol. The molecule has 0 aliphatic heterocycles. The van der Waals surface area contributed by atoms with E-state index in [9.17, 15) is 0 Å². The van der Waals surface area contributed by atoms with E-state index in [1.165, 1.54) is 5.56 Å². The number of aromatic nitrogens is 2. The molecule has 0 N–H and O–H groups in total. The van der Waals surface area contributed by atoms with Crippen molar-refractivity contribution in [1.82, 2.24) is 15.1 Å². The third-order valence-corrected chi connectivity index (χ3v) is 3.83. The molecule has 0 amide bonds. The van der Waals surface area contributed by atoms with Crippen LogP contribution in [0.15, 0.2) is 24.3 Å². The third-order valence-electron chi connectivity index (χ3n) is 2.94. The van der Waals surface area contributed by atoms with Crippen LogP contribution in [-0.2, 0) is 0 Å². The van der Waals surface area contributed by atoms with Gasteiger partial charge in [-0.25, -0.2) is 0 Å². The Balaban J connectivity index is 2.24. The minimum Gasteiger partial charge on any atom is -0.303 e. The summed E-state index contributed by atoms with van der Waals surface area (Å²) in [6.45, 7) is 4.17. The fourth-order valence-corrected chi connectivity index (χ4v) is 2.31. The highest BCUT2D eigenvalue weighted by atomic mass is 32.1. The van der Waals surface area contributed by atoms with E-state index in [1.807, 2.05) is 6.92 Å². The van der Waals surface area contributed by atoms with Gasteiger partial charge in [0.25, 0.3) is 0 Å². The molecular formula is C13H17N3S. The first-order valence-electron chi connectivity index (χ1n) is 5.65. The number of rotatable bonds is 3. The van der Waals surface area contributed by atoms with Gasteiger partial charge in [0.15, 0.2) is 0 Å². The Bertz CT molecular complexity index is 488. The molecule has 0 aliphatic carbocycles. The first kappa shape index (κ1) is 12.2. The normalized spacial score (nSPS) is 13.0. The zero-order valence-electron chi connectivity index (χ0n) is 10.6. The van der Waals surface area contributed by atoms with E-state index < -0.39 is 0 Å². The molecule has 0 radical (unpaired) electrons. The van der Waals surface area contributed by atoms with E-state index in [-0.39, 0.29) is 0 Å². The molecule has 2 rings (SSSR count). The topological polar surface area (TPSA) is 29.0 Å². The van der Waals surface area contributed by atoms with Crippen molar-refractivity contribution in [3.63, 3.8) is 0 Å². The molecule has 1 heterocycles. The van der Waals surface area contributed by atoms with Gasteiger partial charge in [0.1, 0.15) is 10.0 Å². The molecule has 0 spiro atoms. The van der Waals surface area contributed by atoms with Crippen molar-refractivity contribution in [3.8, 4) is 10.6 Å². The summed E-state index contributed by atoms with van der Waals surface area (Å²) < 4.78 is 0. The molecular weight excluding hydrogens is 230 g/mol. The van der Waals surface area contributed by atoms with Gasteiger partial charge in [-0.1, -0.05) is 35.6 Å². The van der Waals surface area contributed by atoms with Crippen LogP contribution in [0, 0.1) is 6.92 Å². The Morgan fingerprint density at radius 1 is 1.12 bits per heavy atom. The summed E-state index contributed by atoms with van der Waals surface area (Å²) in [7, 11) is 4.18. The van der Waals surface area contributed by atoms with Crippen LogP contribution in [0.5, 0.6) is 0 Å². The lowest BCUT2D eigenvalue weighted by atomic mass is 10.1. The van der Waals surface area contributed by atoms with Gasteiger partial charge in [-0.05, 0) is 33.5 Å². The van der Waals surface area contributed by atoms with Crippen LogP contribution in [0.25, 0.3) is 10.6 Å². The molecule has 1 aromatic heterocycles. The van der Waals surface area contributed by atoms with Crippen LogP contribution in [0.3, 0.4) is 0 Å². The highest BCUT2D eigenvalue weighted by Gasteiger charge is 2.09. The molecule has 0 aliphatic rings. The molecule has 0 unspecified atom stereocenters. The van der Waals surface area contributed by atoms with Gasteiger partial charge in [0, 0.05) is 11.6 Å². The van der Waals surface area contributed by atoms with Crippen molar-refractivity contribution >= 4 is 11.3 Å². The monoisotopic (exact) mass is 247 g/mol. The standard InChI is InChI=1S/C13H17N3S/c1-9(16(3)4)11-5-7-12(8-6-11)13-15-14-10(2)17-13/h5-9H,1-4H3/t9-/m1/s1. The number of benzene rings is 1. The number of hydrogen-bond acceptors (Lipinski definition) is 4. The van der Waals surface area contributed by atoms with Gasteiger partial charge in [-0.15, -0.1) is 10.2 Å². The lowest BCUT2D eigenvalue weighted by Crippen LogP contribution is -2.16. The van der Waals surface area contributed by atoms with Gasteiger partial charge >= 0.3 is 0 Å². The largest absolute Gasteiger partial charge is 0.303 e. The fraction of sp³-hybridized carbons (Fsp3) is 0.385.